The zero-order valence-electron chi connectivity index (χ0n) is 18.6. The van der Waals surface area contributed by atoms with Crippen molar-refractivity contribution in [3.8, 4) is 0 Å². The predicted molar refractivity (Wildman–Crippen MR) is 120 cm³/mol. The van der Waals surface area contributed by atoms with Crippen molar-refractivity contribution >= 4 is 40.4 Å². The van der Waals surface area contributed by atoms with E-state index in [1.807, 2.05) is 24.1 Å². The second-order valence-corrected chi connectivity index (χ2v) is 10.6. The number of alkyl halides is 3. The summed E-state index contributed by atoms with van der Waals surface area (Å²) in [7, 11) is 0. The molecule has 0 radical (unpaired) electrons. The largest absolute Gasteiger partial charge is 0.471 e. The standard InChI is InChI=1S/C21H24F3N5O3S2/c1-11-16(34-12(2)25-11)19(31)28-6-3-13(4-7-28)17-27-15(10-33-17)18(30)29-8-5-14(9-29)26-20(32)21(22,23)24/h10,13-14H,3-9H2,1-2H3,(H,26,32). The number of piperidine rings is 1. The Morgan fingerprint density at radius 2 is 1.71 bits per heavy atom. The van der Waals surface area contributed by atoms with Gasteiger partial charge in [-0.2, -0.15) is 13.2 Å². The van der Waals surface area contributed by atoms with Crippen molar-refractivity contribution in [1.29, 1.82) is 0 Å². The number of amides is 3. The minimum Gasteiger partial charge on any atom is -0.344 e. The molecule has 2 saturated heterocycles. The highest BCUT2D eigenvalue weighted by Gasteiger charge is 2.41. The van der Waals surface area contributed by atoms with E-state index in [9.17, 15) is 27.6 Å². The van der Waals surface area contributed by atoms with Gasteiger partial charge in [0.1, 0.15) is 10.6 Å². The minimum atomic E-state index is -4.94. The van der Waals surface area contributed by atoms with Crippen LogP contribution in [0.15, 0.2) is 5.38 Å². The average Bonchev–Trinajstić information content (AvgIpc) is 3.52. The van der Waals surface area contributed by atoms with Gasteiger partial charge in [0.05, 0.1) is 15.7 Å². The van der Waals surface area contributed by atoms with Crippen LogP contribution in [0.2, 0.25) is 0 Å². The smallest absolute Gasteiger partial charge is 0.344 e. The quantitative estimate of drug-likeness (QED) is 0.675. The summed E-state index contributed by atoms with van der Waals surface area (Å²) in [5, 5.41) is 5.28. The fraction of sp³-hybridized carbons (Fsp3) is 0.571. The number of carbonyl (C=O) groups excluding carboxylic acids is 3. The highest BCUT2D eigenvalue weighted by molar-refractivity contribution is 7.13. The van der Waals surface area contributed by atoms with Crippen molar-refractivity contribution in [2.75, 3.05) is 26.2 Å². The van der Waals surface area contributed by atoms with Crippen molar-refractivity contribution in [3.05, 3.63) is 31.7 Å². The Kier molecular flexibility index (Phi) is 6.94. The maximum Gasteiger partial charge on any atom is 0.471 e. The van der Waals surface area contributed by atoms with E-state index in [2.05, 4.69) is 9.97 Å². The van der Waals surface area contributed by atoms with Crippen LogP contribution in [0.3, 0.4) is 0 Å². The first kappa shape index (κ1) is 24.6. The fourth-order valence-corrected chi connectivity index (χ4v) is 6.12. The Morgan fingerprint density at radius 3 is 2.32 bits per heavy atom. The average molecular weight is 516 g/mol. The Labute approximate surface area is 202 Å². The van der Waals surface area contributed by atoms with Gasteiger partial charge in [0.15, 0.2) is 0 Å². The van der Waals surface area contributed by atoms with Gasteiger partial charge in [0.2, 0.25) is 0 Å². The van der Waals surface area contributed by atoms with Gasteiger partial charge in [-0.25, -0.2) is 9.97 Å². The molecule has 184 valence electrons. The van der Waals surface area contributed by atoms with Crippen LogP contribution in [0.25, 0.3) is 0 Å². The predicted octanol–water partition coefficient (Wildman–Crippen LogP) is 3.13. The summed E-state index contributed by atoms with van der Waals surface area (Å²) in [5.74, 6) is -2.21. The second kappa shape index (κ2) is 9.61. The number of hydrogen-bond acceptors (Lipinski definition) is 7. The molecule has 1 unspecified atom stereocenters. The van der Waals surface area contributed by atoms with Gasteiger partial charge in [-0.1, -0.05) is 0 Å². The molecular formula is C21H24F3N5O3S2. The number of hydrogen-bond donors (Lipinski definition) is 1. The maximum absolute atomic E-state index is 12.8. The monoisotopic (exact) mass is 515 g/mol. The van der Waals surface area contributed by atoms with Crippen molar-refractivity contribution in [2.45, 2.75) is 51.2 Å². The van der Waals surface area contributed by atoms with E-state index in [4.69, 9.17) is 0 Å². The summed E-state index contributed by atoms with van der Waals surface area (Å²) < 4.78 is 37.4. The molecular weight excluding hydrogens is 491 g/mol. The zero-order chi connectivity index (χ0) is 24.6. The number of aromatic nitrogens is 2. The van der Waals surface area contributed by atoms with Crippen molar-refractivity contribution in [3.63, 3.8) is 0 Å². The van der Waals surface area contributed by atoms with Crippen LogP contribution in [0, 0.1) is 13.8 Å². The summed E-state index contributed by atoms with van der Waals surface area (Å²) in [5.41, 5.74) is 1.01. The lowest BCUT2D eigenvalue weighted by Gasteiger charge is -2.30. The van der Waals surface area contributed by atoms with Crippen molar-refractivity contribution in [1.82, 2.24) is 25.1 Å². The van der Waals surface area contributed by atoms with Crippen LogP contribution in [0.5, 0.6) is 0 Å². The van der Waals surface area contributed by atoms with E-state index in [0.717, 1.165) is 28.6 Å². The van der Waals surface area contributed by atoms with E-state index in [-0.39, 0.29) is 42.9 Å². The number of thiazole rings is 2. The molecule has 0 spiro atoms. The fourth-order valence-electron chi connectivity index (χ4n) is 4.27. The number of rotatable bonds is 4. The summed E-state index contributed by atoms with van der Waals surface area (Å²) >= 11 is 2.78. The molecule has 2 fully saturated rings. The molecule has 4 heterocycles. The number of halogens is 3. The van der Waals surface area contributed by atoms with Gasteiger partial charge in [-0.3, -0.25) is 14.4 Å². The Balaban J connectivity index is 1.31. The molecule has 0 aromatic carbocycles. The molecule has 34 heavy (non-hydrogen) atoms. The summed E-state index contributed by atoms with van der Waals surface area (Å²) in [4.78, 5) is 49.5. The first-order valence-corrected chi connectivity index (χ1v) is 12.6. The third-order valence-electron chi connectivity index (χ3n) is 6.04. The highest BCUT2D eigenvalue weighted by atomic mass is 32.1. The topological polar surface area (TPSA) is 95.5 Å². The molecule has 0 saturated carbocycles. The third kappa shape index (κ3) is 5.24. The molecule has 2 aliphatic heterocycles. The van der Waals surface area contributed by atoms with Gasteiger partial charge in [0.25, 0.3) is 11.8 Å². The van der Waals surface area contributed by atoms with Gasteiger partial charge >= 0.3 is 12.1 Å². The molecule has 4 rings (SSSR count). The second-order valence-electron chi connectivity index (χ2n) is 8.49. The molecule has 2 aromatic heterocycles. The molecule has 0 bridgehead atoms. The molecule has 8 nitrogen and oxygen atoms in total. The van der Waals surface area contributed by atoms with Crippen LogP contribution in [-0.2, 0) is 4.79 Å². The molecule has 2 aliphatic rings. The lowest BCUT2D eigenvalue weighted by molar-refractivity contribution is -0.174. The number of likely N-dealkylation sites (tertiary alicyclic amines) is 2. The van der Waals surface area contributed by atoms with E-state index in [1.165, 1.54) is 27.6 Å². The van der Waals surface area contributed by atoms with Gasteiger partial charge in [-0.15, -0.1) is 22.7 Å². The van der Waals surface area contributed by atoms with Crippen LogP contribution in [-0.4, -0.2) is 75.9 Å². The van der Waals surface area contributed by atoms with Crippen LogP contribution in [0.1, 0.15) is 61.0 Å². The van der Waals surface area contributed by atoms with Crippen LogP contribution >= 0.6 is 22.7 Å². The lowest BCUT2D eigenvalue weighted by atomic mass is 9.97. The third-order valence-corrected chi connectivity index (χ3v) is 8.11. The molecule has 13 heteroatoms. The van der Waals surface area contributed by atoms with Gasteiger partial charge < -0.3 is 15.1 Å². The molecule has 1 N–H and O–H groups in total. The van der Waals surface area contributed by atoms with Gasteiger partial charge in [-0.05, 0) is 33.1 Å². The maximum atomic E-state index is 12.8. The normalized spacial score (nSPS) is 19.5. The molecule has 0 aliphatic carbocycles. The SMILES string of the molecule is Cc1nc(C)c(C(=O)N2CCC(c3nc(C(=O)N4CCC(NC(=O)C(F)(F)F)C4)cs3)CC2)s1. The number of nitrogens with one attached hydrogen (secondary N) is 1. The van der Waals surface area contributed by atoms with Crippen LogP contribution < -0.4 is 5.32 Å². The van der Waals surface area contributed by atoms with Crippen molar-refractivity contribution in [2.24, 2.45) is 0 Å². The molecule has 2 aromatic rings. The summed E-state index contributed by atoms with van der Waals surface area (Å²) in [6.07, 6.45) is -3.21. The number of nitrogens with zero attached hydrogens (tertiary/aromatic N) is 4. The number of aryl methyl sites for hydroxylation is 2. The van der Waals surface area contributed by atoms with E-state index in [1.54, 1.807) is 5.38 Å². The first-order valence-electron chi connectivity index (χ1n) is 10.9. The van der Waals surface area contributed by atoms with Crippen LogP contribution in [0.4, 0.5) is 13.2 Å². The van der Waals surface area contributed by atoms with E-state index < -0.39 is 18.1 Å². The minimum absolute atomic E-state index is 0.00208. The van der Waals surface area contributed by atoms with E-state index in [0.29, 0.717) is 18.0 Å². The number of carbonyl (C=O) groups is 3. The van der Waals surface area contributed by atoms with E-state index >= 15 is 0 Å². The summed E-state index contributed by atoms with van der Waals surface area (Å²) in [6.45, 7) is 5.17. The molecule has 1 atom stereocenters. The Bertz CT molecular complexity index is 1090. The van der Waals surface area contributed by atoms with Gasteiger partial charge in [0, 0.05) is 43.5 Å². The molecule has 3 amide bonds. The zero-order valence-corrected chi connectivity index (χ0v) is 20.3. The highest BCUT2D eigenvalue weighted by Crippen LogP contribution is 2.32. The first-order chi connectivity index (χ1) is 16.0. The Hall–Kier alpha value is -2.54. The van der Waals surface area contributed by atoms with Crippen molar-refractivity contribution < 1.29 is 27.6 Å². The summed E-state index contributed by atoms with van der Waals surface area (Å²) in [6, 6.07) is -0.732. The lowest BCUT2D eigenvalue weighted by Crippen LogP contribution is -2.44. The Morgan fingerprint density at radius 1 is 1.03 bits per heavy atom.